The molecule has 0 bridgehead atoms. The number of rotatable bonds is 7. The van der Waals surface area contributed by atoms with Gasteiger partial charge in [0.2, 0.25) is 0 Å². The smallest absolute Gasteiger partial charge is 0.308 e. The summed E-state index contributed by atoms with van der Waals surface area (Å²) in [4.78, 5) is 14.7. The maximum Gasteiger partial charge on any atom is 0.308 e. The Kier molecular flexibility index (Phi) is 5.47. The molecular weight excluding hydrogens is 296 g/mol. The summed E-state index contributed by atoms with van der Waals surface area (Å²) in [6.45, 7) is 7.34. The van der Waals surface area contributed by atoms with Crippen molar-refractivity contribution in [3.63, 3.8) is 0 Å². The molecule has 0 saturated heterocycles. The SMILES string of the molecule is CC(C)CCN(CC(C)C(=O)O)c1sc2c(c1C#N)CCC2. The minimum Gasteiger partial charge on any atom is -0.481 e. The molecule has 0 amide bonds. The molecule has 1 heterocycles. The van der Waals surface area contributed by atoms with E-state index in [1.807, 2.05) is 0 Å². The van der Waals surface area contributed by atoms with Crippen LogP contribution in [0, 0.1) is 23.2 Å². The molecule has 4 nitrogen and oxygen atoms in total. The summed E-state index contributed by atoms with van der Waals surface area (Å²) in [5.41, 5.74) is 2.00. The van der Waals surface area contributed by atoms with Gasteiger partial charge in [-0.1, -0.05) is 20.8 Å². The van der Waals surface area contributed by atoms with Crippen molar-refractivity contribution in [2.75, 3.05) is 18.0 Å². The number of carboxylic acids is 1. The van der Waals surface area contributed by atoms with Crippen molar-refractivity contribution in [2.24, 2.45) is 11.8 Å². The number of anilines is 1. The van der Waals surface area contributed by atoms with E-state index < -0.39 is 11.9 Å². The van der Waals surface area contributed by atoms with Gasteiger partial charge in [0.25, 0.3) is 0 Å². The first-order valence-electron chi connectivity index (χ1n) is 7.96. The number of carbonyl (C=O) groups is 1. The predicted molar refractivity (Wildman–Crippen MR) is 89.5 cm³/mol. The third kappa shape index (κ3) is 3.61. The molecule has 1 N–H and O–H groups in total. The van der Waals surface area contributed by atoms with Gasteiger partial charge in [0.1, 0.15) is 11.1 Å². The number of aliphatic carboxylic acids is 1. The van der Waals surface area contributed by atoms with Crippen LogP contribution < -0.4 is 4.90 Å². The molecule has 1 aliphatic rings. The van der Waals surface area contributed by atoms with E-state index in [0.29, 0.717) is 12.5 Å². The number of nitriles is 1. The van der Waals surface area contributed by atoms with Gasteiger partial charge in [0.05, 0.1) is 11.5 Å². The van der Waals surface area contributed by atoms with Crippen molar-refractivity contribution in [3.05, 3.63) is 16.0 Å². The Morgan fingerprint density at radius 2 is 2.14 bits per heavy atom. The third-order valence-electron chi connectivity index (χ3n) is 4.19. The van der Waals surface area contributed by atoms with Gasteiger partial charge >= 0.3 is 5.97 Å². The highest BCUT2D eigenvalue weighted by Gasteiger charge is 2.27. The van der Waals surface area contributed by atoms with Gasteiger partial charge in [-0.3, -0.25) is 4.79 Å². The predicted octanol–water partition coefficient (Wildman–Crippen LogP) is 3.68. The van der Waals surface area contributed by atoms with Crippen LogP contribution in [0.3, 0.4) is 0 Å². The van der Waals surface area contributed by atoms with Crippen LogP contribution in [0.25, 0.3) is 0 Å². The first-order valence-corrected chi connectivity index (χ1v) is 8.78. The molecule has 120 valence electrons. The van der Waals surface area contributed by atoms with E-state index >= 15 is 0 Å². The summed E-state index contributed by atoms with van der Waals surface area (Å²) in [6.07, 6.45) is 4.18. The molecule has 1 aromatic heterocycles. The lowest BCUT2D eigenvalue weighted by Gasteiger charge is -2.26. The quantitative estimate of drug-likeness (QED) is 0.832. The number of fused-ring (bicyclic) bond motifs is 1. The Morgan fingerprint density at radius 3 is 2.73 bits per heavy atom. The van der Waals surface area contributed by atoms with Crippen molar-refractivity contribution in [1.82, 2.24) is 0 Å². The Bertz CT molecular complexity index is 586. The highest BCUT2D eigenvalue weighted by atomic mass is 32.1. The van der Waals surface area contributed by atoms with Crippen LogP contribution in [0.15, 0.2) is 0 Å². The number of aryl methyl sites for hydroxylation is 1. The van der Waals surface area contributed by atoms with Gasteiger partial charge in [-0.05, 0) is 37.2 Å². The van der Waals surface area contributed by atoms with Crippen LogP contribution in [0.1, 0.15) is 49.6 Å². The summed E-state index contributed by atoms with van der Waals surface area (Å²) in [5.74, 6) is -0.659. The molecule has 1 aromatic rings. The van der Waals surface area contributed by atoms with Gasteiger partial charge in [-0.25, -0.2) is 0 Å². The summed E-state index contributed by atoms with van der Waals surface area (Å²) < 4.78 is 0. The van der Waals surface area contributed by atoms with Crippen molar-refractivity contribution in [1.29, 1.82) is 5.26 Å². The molecule has 0 fully saturated rings. The van der Waals surface area contributed by atoms with E-state index in [-0.39, 0.29) is 0 Å². The second-order valence-electron chi connectivity index (χ2n) is 6.52. The van der Waals surface area contributed by atoms with Crippen molar-refractivity contribution >= 4 is 22.3 Å². The van der Waals surface area contributed by atoms with Gasteiger partial charge in [-0.2, -0.15) is 5.26 Å². The zero-order chi connectivity index (χ0) is 16.3. The van der Waals surface area contributed by atoms with Crippen LogP contribution >= 0.6 is 11.3 Å². The first-order chi connectivity index (χ1) is 10.4. The van der Waals surface area contributed by atoms with Crippen LogP contribution in [-0.2, 0) is 17.6 Å². The van der Waals surface area contributed by atoms with Crippen LogP contribution in [-0.4, -0.2) is 24.2 Å². The second-order valence-corrected chi connectivity index (χ2v) is 7.60. The van der Waals surface area contributed by atoms with E-state index in [9.17, 15) is 15.2 Å². The Labute approximate surface area is 136 Å². The van der Waals surface area contributed by atoms with Gasteiger partial charge in [0, 0.05) is 18.0 Å². The molecule has 0 spiro atoms. The number of carboxylic acid groups (broad SMARTS) is 1. The van der Waals surface area contributed by atoms with Crippen molar-refractivity contribution < 1.29 is 9.90 Å². The Balaban J connectivity index is 2.28. The lowest BCUT2D eigenvalue weighted by molar-refractivity contribution is -0.140. The molecule has 1 unspecified atom stereocenters. The molecule has 0 aliphatic heterocycles. The average Bonchev–Trinajstić information content (AvgIpc) is 3.02. The van der Waals surface area contributed by atoms with Gasteiger partial charge in [-0.15, -0.1) is 11.3 Å². The maximum absolute atomic E-state index is 11.2. The van der Waals surface area contributed by atoms with E-state index in [1.165, 1.54) is 10.4 Å². The first kappa shape index (κ1) is 16.8. The second kappa shape index (κ2) is 7.15. The minimum absolute atomic E-state index is 0.435. The minimum atomic E-state index is -0.780. The number of thiophene rings is 1. The molecule has 0 radical (unpaired) electrons. The summed E-state index contributed by atoms with van der Waals surface area (Å²) in [5, 5.41) is 19.8. The summed E-state index contributed by atoms with van der Waals surface area (Å²) in [6, 6.07) is 2.37. The molecule has 5 heteroatoms. The zero-order valence-corrected chi connectivity index (χ0v) is 14.4. The van der Waals surface area contributed by atoms with Crippen LogP contribution in [0.5, 0.6) is 0 Å². The molecule has 0 aromatic carbocycles. The number of hydrogen-bond donors (Lipinski definition) is 1. The lowest BCUT2D eigenvalue weighted by Crippen LogP contribution is -2.33. The standard InChI is InChI=1S/C17H24N2O2S/c1-11(2)7-8-19(10-12(3)17(20)21)16-14(9-18)13-5-4-6-15(13)22-16/h11-12H,4-8,10H2,1-3H3,(H,20,21). The summed E-state index contributed by atoms with van der Waals surface area (Å²) in [7, 11) is 0. The van der Waals surface area contributed by atoms with Crippen LogP contribution in [0.4, 0.5) is 5.00 Å². The van der Waals surface area contributed by atoms with Gasteiger partial charge < -0.3 is 10.0 Å². The highest BCUT2D eigenvalue weighted by molar-refractivity contribution is 7.16. The average molecular weight is 320 g/mol. The highest BCUT2D eigenvalue weighted by Crippen LogP contribution is 2.41. The fourth-order valence-electron chi connectivity index (χ4n) is 2.83. The van der Waals surface area contributed by atoms with Crippen molar-refractivity contribution in [3.8, 4) is 6.07 Å². The van der Waals surface area contributed by atoms with E-state index in [1.54, 1.807) is 18.3 Å². The summed E-state index contributed by atoms with van der Waals surface area (Å²) >= 11 is 1.70. The molecule has 0 saturated carbocycles. The Hall–Kier alpha value is -1.54. The van der Waals surface area contributed by atoms with E-state index in [4.69, 9.17) is 0 Å². The van der Waals surface area contributed by atoms with Crippen molar-refractivity contribution in [2.45, 2.75) is 46.5 Å². The Morgan fingerprint density at radius 1 is 1.41 bits per heavy atom. The molecule has 1 atom stereocenters. The van der Waals surface area contributed by atoms with Crippen LogP contribution in [0.2, 0.25) is 0 Å². The number of nitrogens with zero attached hydrogens (tertiary/aromatic N) is 2. The molecular formula is C17H24N2O2S. The third-order valence-corrected chi connectivity index (χ3v) is 5.55. The number of hydrogen-bond acceptors (Lipinski definition) is 4. The van der Waals surface area contributed by atoms with E-state index in [0.717, 1.165) is 42.8 Å². The fourth-order valence-corrected chi connectivity index (χ4v) is 4.20. The monoisotopic (exact) mass is 320 g/mol. The van der Waals surface area contributed by atoms with Gasteiger partial charge in [0.15, 0.2) is 0 Å². The fraction of sp³-hybridized carbons (Fsp3) is 0.647. The lowest BCUT2D eigenvalue weighted by atomic mass is 10.1. The topological polar surface area (TPSA) is 64.3 Å². The normalized spacial score (nSPS) is 14.7. The molecule has 22 heavy (non-hydrogen) atoms. The zero-order valence-electron chi connectivity index (χ0n) is 13.6. The molecule has 2 rings (SSSR count). The maximum atomic E-state index is 11.2. The largest absolute Gasteiger partial charge is 0.481 e. The van der Waals surface area contributed by atoms with E-state index in [2.05, 4.69) is 24.8 Å². The molecule has 1 aliphatic carbocycles.